The second-order valence-corrected chi connectivity index (χ2v) is 3.65. The van der Waals surface area contributed by atoms with Gasteiger partial charge in [0.15, 0.2) is 0 Å². The Kier molecular flexibility index (Phi) is 3.98. The van der Waals surface area contributed by atoms with Gasteiger partial charge in [-0.05, 0) is 25.2 Å². The van der Waals surface area contributed by atoms with Crippen molar-refractivity contribution in [1.82, 2.24) is 9.88 Å². The Labute approximate surface area is 89.9 Å². The highest BCUT2D eigenvalue weighted by Crippen LogP contribution is 2.07. The van der Waals surface area contributed by atoms with E-state index in [1.54, 1.807) is 6.20 Å². The van der Waals surface area contributed by atoms with E-state index in [2.05, 4.69) is 23.9 Å². The number of nitrogens with two attached hydrogens (primary N) is 1. The minimum Gasteiger partial charge on any atom is -0.388 e. The maximum Gasteiger partial charge on any atom is 0.123 e. The molecule has 14 heavy (non-hydrogen) atoms. The molecule has 1 heterocycles. The Morgan fingerprint density at radius 3 is 2.93 bits per heavy atom. The van der Waals surface area contributed by atoms with Crippen molar-refractivity contribution in [2.75, 3.05) is 13.6 Å². The molecule has 2 N–H and O–H groups in total. The molecule has 0 atom stereocenters. The van der Waals surface area contributed by atoms with Gasteiger partial charge in [0.2, 0.25) is 0 Å². The van der Waals surface area contributed by atoms with E-state index in [0.29, 0.717) is 4.99 Å². The molecule has 0 aliphatic carbocycles. The van der Waals surface area contributed by atoms with E-state index in [1.807, 2.05) is 12.1 Å². The first-order valence-corrected chi connectivity index (χ1v) is 4.98. The number of rotatable bonds is 4. The van der Waals surface area contributed by atoms with E-state index >= 15 is 0 Å². The Morgan fingerprint density at radius 1 is 1.64 bits per heavy atom. The molecule has 1 aromatic rings. The number of thiocarbonyl (C=S) groups is 1. The van der Waals surface area contributed by atoms with Crippen molar-refractivity contribution in [1.29, 1.82) is 0 Å². The normalized spacial score (nSPS) is 10.5. The topological polar surface area (TPSA) is 42.2 Å². The summed E-state index contributed by atoms with van der Waals surface area (Å²) >= 11 is 4.94. The lowest BCUT2D eigenvalue weighted by Crippen LogP contribution is -2.21. The minimum absolute atomic E-state index is 0.366. The SMILES string of the molecule is CCN(C)Cc1cccnc1C(N)=S. The molecule has 0 bridgehead atoms. The van der Waals surface area contributed by atoms with Crippen LogP contribution in [0.25, 0.3) is 0 Å². The van der Waals surface area contributed by atoms with Crippen molar-refractivity contribution in [3.8, 4) is 0 Å². The van der Waals surface area contributed by atoms with Crippen LogP contribution in [-0.4, -0.2) is 28.5 Å². The van der Waals surface area contributed by atoms with E-state index in [4.69, 9.17) is 18.0 Å². The zero-order valence-corrected chi connectivity index (χ0v) is 9.34. The van der Waals surface area contributed by atoms with E-state index in [1.165, 1.54) is 0 Å². The van der Waals surface area contributed by atoms with E-state index in [0.717, 1.165) is 24.3 Å². The van der Waals surface area contributed by atoms with Crippen LogP contribution in [0.1, 0.15) is 18.2 Å². The summed E-state index contributed by atoms with van der Waals surface area (Å²) in [6, 6.07) is 3.91. The molecule has 0 aliphatic rings. The fourth-order valence-corrected chi connectivity index (χ4v) is 1.37. The first-order chi connectivity index (χ1) is 6.65. The zero-order valence-electron chi connectivity index (χ0n) is 8.53. The van der Waals surface area contributed by atoms with Crippen LogP contribution >= 0.6 is 12.2 Å². The Morgan fingerprint density at radius 2 is 2.36 bits per heavy atom. The summed E-state index contributed by atoms with van der Waals surface area (Å²) in [5, 5.41) is 0. The minimum atomic E-state index is 0.366. The summed E-state index contributed by atoms with van der Waals surface area (Å²) in [4.78, 5) is 6.72. The van der Waals surface area contributed by atoms with Crippen molar-refractivity contribution >= 4 is 17.2 Å². The third-order valence-electron chi connectivity index (χ3n) is 2.10. The van der Waals surface area contributed by atoms with Crippen LogP contribution in [0.2, 0.25) is 0 Å². The number of nitrogens with zero attached hydrogens (tertiary/aromatic N) is 2. The van der Waals surface area contributed by atoms with Gasteiger partial charge in [-0.3, -0.25) is 4.98 Å². The highest BCUT2D eigenvalue weighted by Gasteiger charge is 2.07. The van der Waals surface area contributed by atoms with Gasteiger partial charge >= 0.3 is 0 Å². The standard InChI is InChI=1S/C10H15N3S/c1-3-13(2)7-8-5-4-6-12-9(8)10(11)14/h4-6H,3,7H2,1-2H3,(H2,11,14). The van der Waals surface area contributed by atoms with E-state index < -0.39 is 0 Å². The van der Waals surface area contributed by atoms with E-state index in [9.17, 15) is 0 Å². The largest absolute Gasteiger partial charge is 0.388 e. The Hall–Kier alpha value is -1.00. The molecule has 0 spiro atoms. The smallest absolute Gasteiger partial charge is 0.123 e. The van der Waals surface area contributed by atoms with E-state index in [-0.39, 0.29) is 0 Å². The molecule has 1 aromatic heterocycles. The van der Waals surface area contributed by atoms with Gasteiger partial charge in [-0.15, -0.1) is 0 Å². The van der Waals surface area contributed by atoms with Crippen LogP contribution in [0, 0.1) is 0 Å². The molecule has 0 unspecified atom stereocenters. The Balaban J connectivity index is 2.90. The summed E-state index contributed by atoms with van der Waals surface area (Å²) in [6.07, 6.45) is 1.71. The molecule has 0 aliphatic heterocycles. The van der Waals surface area contributed by atoms with Gasteiger partial charge in [0, 0.05) is 12.7 Å². The monoisotopic (exact) mass is 209 g/mol. The maximum absolute atomic E-state index is 5.58. The van der Waals surface area contributed by atoms with Crippen molar-refractivity contribution in [3.05, 3.63) is 29.6 Å². The molecule has 0 aromatic carbocycles. The van der Waals surface area contributed by atoms with Gasteiger partial charge in [0.05, 0.1) is 0 Å². The van der Waals surface area contributed by atoms with Crippen molar-refractivity contribution < 1.29 is 0 Å². The third kappa shape index (κ3) is 2.75. The fourth-order valence-electron chi connectivity index (χ4n) is 1.19. The first-order valence-electron chi connectivity index (χ1n) is 4.57. The summed E-state index contributed by atoms with van der Waals surface area (Å²) in [5.41, 5.74) is 7.41. The molecular weight excluding hydrogens is 194 g/mol. The number of hydrogen-bond acceptors (Lipinski definition) is 3. The predicted octanol–water partition coefficient (Wildman–Crippen LogP) is 1.17. The van der Waals surface area contributed by atoms with Crippen LogP contribution in [0.3, 0.4) is 0 Å². The average Bonchev–Trinajstić information content (AvgIpc) is 2.18. The number of pyridine rings is 1. The second-order valence-electron chi connectivity index (χ2n) is 3.21. The van der Waals surface area contributed by atoms with Gasteiger partial charge in [-0.2, -0.15) is 0 Å². The molecule has 76 valence electrons. The summed E-state index contributed by atoms with van der Waals surface area (Å²) < 4.78 is 0. The quantitative estimate of drug-likeness (QED) is 0.756. The van der Waals surface area contributed by atoms with Crippen LogP contribution in [0.4, 0.5) is 0 Å². The van der Waals surface area contributed by atoms with Gasteiger partial charge < -0.3 is 10.6 Å². The lowest BCUT2D eigenvalue weighted by atomic mass is 10.2. The molecule has 3 nitrogen and oxygen atoms in total. The second kappa shape index (κ2) is 5.02. The molecule has 1 rings (SSSR count). The third-order valence-corrected chi connectivity index (χ3v) is 2.30. The molecule has 0 radical (unpaired) electrons. The van der Waals surface area contributed by atoms with Crippen LogP contribution in [0.15, 0.2) is 18.3 Å². The van der Waals surface area contributed by atoms with Crippen molar-refractivity contribution in [2.24, 2.45) is 5.73 Å². The summed E-state index contributed by atoms with van der Waals surface area (Å²) in [6.45, 7) is 3.93. The fraction of sp³-hybridized carbons (Fsp3) is 0.400. The summed E-state index contributed by atoms with van der Waals surface area (Å²) in [7, 11) is 2.05. The predicted molar refractivity (Wildman–Crippen MR) is 62.1 cm³/mol. The lowest BCUT2D eigenvalue weighted by Gasteiger charge is -2.15. The average molecular weight is 209 g/mol. The molecular formula is C10H15N3S. The molecule has 0 amide bonds. The van der Waals surface area contributed by atoms with Crippen LogP contribution in [-0.2, 0) is 6.54 Å². The highest BCUT2D eigenvalue weighted by molar-refractivity contribution is 7.80. The molecule has 0 fully saturated rings. The summed E-state index contributed by atoms with van der Waals surface area (Å²) in [5.74, 6) is 0. The van der Waals surface area contributed by atoms with Gasteiger partial charge in [0.25, 0.3) is 0 Å². The van der Waals surface area contributed by atoms with Crippen molar-refractivity contribution in [2.45, 2.75) is 13.5 Å². The van der Waals surface area contributed by atoms with Crippen LogP contribution in [0.5, 0.6) is 0 Å². The lowest BCUT2D eigenvalue weighted by molar-refractivity contribution is 0.345. The number of aromatic nitrogens is 1. The highest BCUT2D eigenvalue weighted by atomic mass is 32.1. The maximum atomic E-state index is 5.58. The first kappa shape index (κ1) is 11.1. The zero-order chi connectivity index (χ0) is 10.6. The molecule has 0 saturated heterocycles. The number of hydrogen-bond donors (Lipinski definition) is 1. The Bertz CT molecular complexity index is 325. The molecule has 0 saturated carbocycles. The van der Waals surface area contributed by atoms with Gasteiger partial charge in [0.1, 0.15) is 10.7 Å². The van der Waals surface area contributed by atoms with Crippen molar-refractivity contribution in [3.63, 3.8) is 0 Å². The van der Waals surface area contributed by atoms with Gasteiger partial charge in [-0.25, -0.2) is 0 Å². The van der Waals surface area contributed by atoms with Gasteiger partial charge in [-0.1, -0.05) is 25.2 Å². The van der Waals surface area contributed by atoms with Crippen LogP contribution < -0.4 is 5.73 Å². The molecule has 4 heteroatoms.